The molecule has 22 heavy (non-hydrogen) atoms. The third-order valence-corrected chi connectivity index (χ3v) is 3.77. The molecule has 0 saturated carbocycles. The number of benzene rings is 3. The Hall–Kier alpha value is -2.39. The summed E-state index contributed by atoms with van der Waals surface area (Å²) < 4.78 is 13.8. The number of amides is 1. The van der Waals surface area contributed by atoms with Crippen molar-refractivity contribution in [2.45, 2.75) is 6.54 Å². The molecule has 0 aliphatic rings. The van der Waals surface area contributed by atoms with E-state index in [1.54, 1.807) is 18.2 Å². The normalized spacial score (nSPS) is 10.6. The van der Waals surface area contributed by atoms with Crippen LogP contribution in [0.3, 0.4) is 0 Å². The quantitative estimate of drug-likeness (QED) is 0.754. The smallest absolute Gasteiger partial charge is 0.251 e. The third kappa shape index (κ3) is 2.95. The minimum atomic E-state index is -0.497. The summed E-state index contributed by atoms with van der Waals surface area (Å²) in [6.45, 7) is 0.0953. The number of halogens is 2. The number of nitrogens with one attached hydrogen (secondary N) is 1. The minimum absolute atomic E-state index is 0.0532. The maximum absolute atomic E-state index is 13.8. The van der Waals surface area contributed by atoms with Crippen molar-refractivity contribution >= 4 is 28.3 Å². The molecule has 0 unspecified atom stereocenters. The van der Waals surface area contributed by atoms with Crippen LogP contribution >= 0.6 is 11.6 Å². The minimum Gasteiger partial charge on any atom is -0.348 e. The summed E-state index contributed by atoms with van der Waals surface area (Å²) in [5, 5.41) is 4.82. The van der Waals surface area contributed by atoms with Gasteiger partial charge < -0.3 is 5.32 Å². The zero-order valence-corrected chi connectivity index (χ0v) is 12.4. The van der Waals surface area contributed by atoms with E-state index in [1.807, 2.05) is 36.4 Å². The summed E-state index contributed by atoms with van der Waals surface area (Å²) in [5.74, 6) is -0.742. The summed E-state index contributed by atoms with van der Waals surface area (Å²) in [6, 6.07) is 18.0. The summed E-state index contributed by atoms with van der Waals surface area (Å²) in [5.41, 5.74) is 0.905. The van der Waals surface area contributed by atoms with Crippen molar-refractivity contribution in [1.29, 1.82) is 0 Å². The molecule has 3 aromatic carbocycles. The lowest BCUT2D eigenvalue weighted by Gasteiger charge is -2.08. The maximum atomic E-state index is 13.8. The Morgan fingerprint density at radius 3 is 2.59 bits per heavy atom. The van der Waals surface area contributed by atoms with Gasteiger partial charge in [-0.2, -0.15) is 0 Å². The van der Waals surface area contributed by atoms with Crippen LogP contribution in [-0.4, -0.2) is 5.91 Å². The largest absolute Gasteiger partial charge is 0.348 e. The predicted octanol–water partition coefficient (Wildman–Crippen LogP) is 4.56. The zero-order chi connectivity index (χ0) is 15.5. The molecule has 3 aromatic rings. The maximum Gasteiger partial charge on any atom is 0.251 e. The summed E-state index contributed by atoms with van der Waals surface area (Å²) in [6.07, 6.45) is 0. The van der Waals surface area contributed by atoms with Crippen LogP contribution in [0.15, 0.2) is 60.7 Å². The lowest BCUT2D eigenvalue weighted by Crippen LogP contribution is -2.23. The van der Waals surface area contributed by atoms with Gasteiger partial charge in [0.15, 0.2) is 0 Å². The molecule has 0 aliphatic carbocycles. The molecule has 1 N–H and O–H groups in total. The average Bonchev–Trinajstić information content (AvgIpc) is 2.55. The molecule has 0 heterocycles. The van der Waals surface area contributed by atoms with Gasteiger partial charge in [-0.25, -0.2) is 4.39 Å². The molecule has 0 aromatic heterocycles. The second-order valence-electron chi connectivity index (χ2n) is 4.96. The summed E-state index contributed by atoms with van der Waals surface area (Å²) >= 11 is 5.72. The van der Waals surface area contributed by atoms with Gasteiger partial charge in [-0.15, -0.1) is 0 Å². The van der Waals surface area contributed by atoms with Gasteiger partial charge in [-0.05, 0) is 29.0 Å². The molecule has 0 saturated heterocycles. The van der Waals surface area contributed by atoms with Crippen LogP contribution in [0.25, 0.3) is 10.8 Å². The van der Waals surface area contributed by atoms with Crippen molar-refractivity contribution < 1.29 is 9.18 Å². The lowest BCUT2D eigenvalue weighted by molar-refractivity contribution is 0.0950. The summed E-state index contributed by atoms with van der Waals surface area (Å²) in [4.78, 5) is 12.2. The van der Waals surface area contributed by atoms with Crippen LogP contribution in [0, 0.1) is 5.82 Å². The highest BCUT2D eigenvalue weighted by molar-refractivity contribution is 6.30. The van der Waals surface area contributed by atoms with Gasteiger partial charge in [0, 0.05) is 17.7 Å². The van der Waals surface area contributed by atoms with E-state index in [-0.39, 0.29) is 17.5 Å². The standard InChI is InChI=1S/C18H13ClFNO/c19-16-7-3-6-15(17(16)20)11-21-18(22)14-9-8-12-4-1-2-5-13(12)10-14/h1-10H,11H2,(H,21,22). The molecule has 0 bridgehead atoms. The van der Waals surface area contributed by atoms with E-state index < -0.39 is 5.82 Å². The molecular weight excluding hydrogens is 301 g/mol. The van der Waals surface area contributed by atoms with E-state index in [2.05, 4.69) is 5.32 Å². The average molecular weight is 314 g/mol. The molecule has 0 atom stereocenters. The van der Waals surface area contributed by atoms with Gasteiger partial charge in [0.25, 0.3) is 5.91 Å². The first-order valence-corrected chi connectivity index (χ1v) is 7.23. The van der Waals surface area contributed by atoms with E-state index in [4.69, 9.17) is 11.6 Å². The predicted molar refractivity (Wildman–Crippen MR) is 86.5 cm³/mol. The van der Waals surface area contributed by atoms with Gasteiger partial charge in [-0.3, -0.25) is 4.79 Å². The SMILES string of the molecule is O=C(NCc1cccc(Cl)c1F)c1ccc2ccccc2c1. The second-order valence-corrected chi connectivity index (χ2v) is 5.36. The van der Waals surface area contributed by atoms with Crippen LogP contribution in [0.2, 0.25) is 5.02 Å². The first kappa shape index (κ1) is 14.5. The van der Waals surface area contributed by atoms with Gasteiger partial charge in [0.1, 0.15) is 5.82 Å². The number of hydrogen-bond acceptors (Lipinski definition) is 1. The first-order valence-electron chi connectivity index (χ1n) is 6.85. The highest BCUT2D eigenvalue weighted by atomic mass is 35.5. The van der Waals surface area contributed by atoms with Gasteiger partial charge >= 0.3 is 0 Å². The van der Waals surface area contributed by atoms with Crippen LogP contribution < -0.4 is 5.32 Å². The first-order chi connectivity index (χ1) is 10.6. The Kier molecular flexibility index (Phi) is 4.07. The topological polar surface area (TPSA) is 29.1 Å². The van der Waals surface area contributed by atoms with Crippen LogP contribution in [0.5, 0.6) is 0 Å². The molecule has 0 fully saturated rings. The van der Waals surface area contributed by atoms with Gasteiger partial charge in [0.2, 0.25) is 0 Å². The Labute approximate surface area is 132 Å². The van der Waals surface area contributed by atoms with Crippen molar-refractivity contribution in [3.05, 3.63) is 82.6 Å². The highest BCUT2D eigenvalue weighted by Gasteiger charge is 2.09. The fourth-order valence-corrected chi connectivity index (χ4v) is 2.49. The fourth-order valence-electron chi connectivity index (χ4n) is 2.29. The van der Waals surface area contributed by atoms with Crippen molar-refractivity contribution in [3.8, 4) is 0 Å². The monoisotopic (exact) mass is 313 g/mol. The van der Waals surface area contributed by atoms with Crippen molar-refractivity contribution in [3.63, 3.8) is 0 Å². The van der Waals surface area contributed by atoms with E-state index in [1.165, 1.54) is 6.07 Å². The van der Waals surface area contributed by atoms with E-state index >= 15 is 0 Å². The Bertz CT molecular complexity index is 847. The molecule has 110 valence electrons. The third-order valence-electron chi connectivity index (χ3n) is 3.48. The number of fused-ring (bicyclic) bond motifs is 1. The Morgan fingerprint density at radius 2 is 1.77 bits per heavy atom. The Morgan fingerprint density at radius 1 is 1.00 bits per heavy atom. The number of hydrogen-bond donors (Lipinski definition) is 1. The molecule has 0 spiro atoms. The van der Waals surface area contributed by atoms with Crippen LogP contribution in [0.1, 0.15) is 15.9 Å². The molecule has 2 nitrogen and oxygen atoms in total. The van der Waals surface area contributed by atoms with Crippen LogP contribution in [-0.2, 0) is 6.54 Å². The van der Waals surface area contributed by atoms with Crippen molar-refractivity contribution in [1.82, 2.24) is 5.32 Å². The number of rotatable bonds is 3. The van der Waals surface area contributed by atoms with Gasteiger partial charge in [-0.1, -0.05) is 54.1 Å². The van der Waals surface area contributed by atoms with E-state index in [0.29, 0.717) is 11.1 Å². The van der Waals surface area contributed by atoms with E-state index in [0.717, 1.165) is 10.8 Å². The number of carbonyl (C=O) groups is 1. The Balaban J connectivity index is 1.77. The summed E-state index contributed by atoms with van der Waals surface area (Å²) in [7, 11) is 0. The lowest BCUT2D eigenvalue weighted by atomic mass is 10.1. The molecule has 3 rings (SSSR count). The van der Waals surface area contributed by atoms with Crippen molar-refractivity contribution in [2.75, 3.05) is 0 Å². The highest BCUT2D eigenvalue weighted by Crippen LogP contribution is 2.18. The van der Waals surface area contributed by atoms with Gasteiger partial charge in [0.05, 0.1) is 5.02 Å². The number of carbonyl (C=O) groups excluding carboxylic acids is 1. The second kappa shape index (κ2) is 6.16. The molecule has 0 radical (unpaired) electrons. The van der Waals surface area contributed by atoms with Crippen molar-refractivity contribution in [2.24, 2.45) is 0 Å². The van der Waals surface area contributed by atoms with Crippen LogP contribution in [0.4, 0.5) is 4.39 Å². The zero-order valence-electron chi connectivity index (χ0n) is 11.6. The molecule has 4 heteroatoms. The molecule has 1 amide bonds. The molecular formula is C18H13ClFNO. The van der Waals surface area contributed by atoms with E-state index in [9.17, 15) is 9.18 Å². The fraction of sp³-hybridized carbons (Fsp3) is 0.0556. The molecule has 0 aliphatic heterocycles.